The van der Waals surface area contributed by atoms with Gasteiger partial charge in [-0.3, -0.25) is 9.78 Å². The fourth-order valence-electron chi connectivity index (χ4n) is 1.54. The quantitative estimate of drug-likeness (QED) is 0.622. The number of hydrogen-bond acceptors (Lipinski definition) is 5. The van der Waals surface area contributed by atoms with Crippen molar-refractivity contribution in [2.24, 2.45) is 0 Å². The summed E-state index contributed by atoms with van der Waals surface area (Å²) in [6, 6.07) is 3.73. The second kappa shape index (κ2) is 3.74. The number of hydrogen-bond donors (Lipinski definition) is 0. The lowest BCUT2D eigenvalue weighted by Gasteiger charge is -1.86. The lowest BCUT2D eigenvalue weighted by Crippen LogP contribution is -2.23. The van der Waals surface area contributed by atoms with E-state index in [0.717, 1.165) is 5.56 Å². The van der Waals surface area contributed by atoms with Gasteiger partial charge < -0.3 is 0 Å². The Kier molecular flexibility index (Phi) is 2.22. The van der Waals surface area contributed by atoms with Crippen molar-refractivity contribution in [1.29, 1.82) is 0 Å². The van der Waals surface area contributed by atoms with Gasteiger partial charge in [0.2, 0.25) is 4.96 Å². The van der Waals surface area contributed by atoms with E-state index in [4.69, 9.17) is 0 Å². The topological polar surface area (TPSA) is 60.2 Å². The van der Waals surface area contributed by atoms with Gasteiger partial charge in [-0.15, -0.1) is 5.10 Å². The van der Waals surface area contributed by atoms with Crippen LogP contribution in [0.5, 0.6) is 0 Å². The van der Waals surface area contributed by atoms with Gasteiger partial charge in [0.25, 0.3) is 5.56 Å². The second-order valence-electron chi connectivity index (χ2n) is 3.56. The Morgan fingerprint density at radius 3 is 3.06 bits per heavy atom. The molecule has 0 aliphatic carbocycles. The standard InChI is InChI=1S/C11H8N4OS/c1-7-13-11-15(14-7)10(16)9(17-11)5-8-3-2-4-12-6-8/h2-6H,1H3/b9-5-. The number of nitrogens with zero attached hydrogens (tertiary/aromatic N) is 4. The lowest BCUT2D eigenvalue weighted by atomic mass is 10.3. The molecule has 0 amide bonds. The maximum atomic E-state index is 12.0. The molecule has 0 fully saturated rings. The number of fused-ring (bicyclic) bond motifs is 1. The van der Waals surface area contributed by atoms with E-state index >= 15 is 0 Å². The third-order valence-corrected chi connectivity index (χ3v) is 3.23. The highest BCUT2D eigenvalue weighted by atomic mass is 32.1. The maximum absolute atomic E-state index is 12.0. The zero-order valence-electron chi connectivity index (χ0n) is 8.99. The van der Waals surface area contributed by atoms with E-state index < -0.39 is 0 Å². The molecule has 0 aromatic carbocycles. The highest BCUT2D eigenvalue weighted by Gasteiger charge is 2.07. The van der Waals surface area contributed by atoms with E-state index in [1.54, 1.807) is 25.4 Å². The first-order valence-corrected chi connectivity index (χ1v) is 5.83. The molecule has 6 heteroatoms. The zero-order valence-corrected chi connectivity index (χ0v) is 9.81. The van der Waals surface area contributed by atoms with Crippen LogP contribution in [0.3, 0.4) is 0 Å². The molecule has 3 aromatic heterocycles. The Morgan fingerprint density at radius 2 is 2.35 bits per heavy atom. The molecule has 0 radical (unpaired) electrons. The molecule has 84 valence electrons. The zero-order chi connectivity index (χ0) is 11.8. The summed E-state index contributed by atoms with van der Waals surface area (Å²) in [5.41, 5.74) is 0.764. The SMILES string of the molecule is Cc1nc2s/c(=C\c3cccnc3)c(=O)n2n1. The third kappa shape index (κ3) is 1.72. The summed E-state index contributed by atoms with van der Waals surface area (Å²) in [6.45, 7) is 1.77. The van der Waals surface area contributed by atoms with E-state index in [0.29, 0.717) is 15.3 Å². The Morgan fingerprint density at radius 1 is 1.47 bits per heavy atom. The maximum Gasteiger partial charge on any atom is 0.291 e. The van der Waals surface area contributed by atoms with Gasteiger partial charge in [-0.25, -0.2) is 4.98 Å². The van der Waals surface area contributed by atoms with E-state index in [-0.39, 0.29) is 5.56 Å². The van der Waals surface area contributed by atoms with E-state index in [9.17, 15) is 4.79 Å². The van der Waals surface area contributed by atoms with Gasteiger partial charge in [0.1, 0.15) is 5.82 Å². The second-order valence-corrected chi connectivity index (χ2v) is 4.56. The minimum Gasteiger partial charge on any atom is -0.266 e. The van der Waals surface area contributed by atoms with Crippen molar-refractivity contribution in [3.05, 3.63) is 50.8 Å². The summed E-state index contributed by atoms with van der Waals surface area (Å²) >= 11 is 1.33. The molecule has 0 aliphatic rings. The van der Waals surface area contributed by atoms with E-state index in [2.05, 4.69) is 15.1 Å². The van der Waals surface area contributed by atoms with Crippen LogP contribution < -0.4 is 10.1 Å². The average Bonchev–Trinajstić information content (AvgIpc) is 2.81. The fraction of sp³-hybridized carbons (Fsp3) is 0.0909. The molecule has 0 saturated heterocycles. The first-order valence-electron chi connectivity index (χ1n) is 5.02. The molecule has 0 atom stereocenters. The van der Waals surface area contributed by atoms with Gasteiger partial charge in [-0.1, -0.05) is 17.4 Å². The van der Waals surface area contributed by atoms with Crippen molar-refractivity contribution < 1.29 is 0 Å². The molecule has 3 rings (SSSR count). The molecule has 17 heavy (non-hydrogen) atoms. The van der Waals surface area contributed by atoms with Gasteiger partial charge in [0.05, 0.1) is 4.53 Å². The Balaban J connectivity index is 2.25. The van der Waals surface area contributed by atoms with Gasteiger partial charge in [-0.2, -0.15) is 4.52 Å². The first kappa shape index (κ1) is 10.1. The van der Waals surface area contributed by atoms with Crippen molar-refractivity contribution in [3.63, 3.8) is 0 Å². The molecular formula is C11H8N4OS. The highest BCUT2D eigenvalue weighted by molar-refractivity contribution is 7.15. The monoisotopic (exact) mass is 244 g/mol. The summed E-state index contributed by atoms with van der Waals surface area (Å²) in [4.78, 5) is 20.8. The Labute approximate surface area is 100 Å². The number of thiazole rings is 1. The van der Waals surface area contributed by atoms with Crippen molar-refractivity contribution >= 4 is 22.4 Å². The van der Waals surface area contributed by atoms with Crippen LogP contribution in [0.1, 0.15) is 11.4 Å². The Hall–Kier alpha value is -2.08. The van der Waals surface area contributed by atoms with Crippen molar-refractivity contribution in [1.82, 2.24) is 19.6 Å². The van der Waals surface area contributed by atoms with Gasteiger partial charge in [0.15, 0.2) is 0 Å². The number of pyridine rings is 1. The highest BCUT2D eigenvalue weighted by Crippen LogP contribution is 2.02. The van der Waals surface area contributed by atoms with Crippen LogP contribution in [0.4, 0.5) is 0 Å². The summed E-state index contributed by atoms with van der Waals surface area (Å²) < 4.78 is 1.95. The molecule has 0 saturated carbocycles. The molecule has 0 bridgehead atoms. The molecule has 0 aliphatic heterocycles. The van der Waals surface area contributed by atoms with Crippen LogP contribution in [-0.2, 0) is 0 Å². The molecule has 3 aromatic rings. The van der Waals surface area contributed by atoms with Gasteiger partial charge in [-0.05, 0) is 24.6 Å². The van der Waals surface area contributed by atoms with E-state index in [1.807, 2.05) is 12.1 Å². The predicted octanol–water partition coefficient (Wildman–Crippen LogP) is 0.402. The fourth-order valence-corrected chi connectivity index (χ4v) is 2.50. The van der Waals surface area contributed by atoms with Gasteiger partial charge in [0, 0.05) is 12.4 Å². The summed E-state index contributed by atoms with van der Waals surface area (Å²) in [5, 5.41) is 4.04. The summed E-state index contributed by atoms with van der Waals surface area (Å²) in [5.74, 6) is 0.612. The number of aryl methyl sites for hydroxylation is 1. The van der Waals surface area contributed by atoms with Crippen LogP contribution in [0.25, 0.3) is 11.0 Å². The third-order valence-electron chi connectivity index (χ3n) is 2.27. The smallest absolute Gasteiger partial charge is 0.266 e. The molecule has 5 nitrogen and oxygen atoms in total. The van der Waals surface area contributed by atoms with Crippen LogP contribution in [0.15, 0.2) is 29.3 Å². The van der Waals surface area contributed by atoms with Gasteiger partial charge >= 0.3 is 0 Å². The lowest BCUT2D eigenvalue weighted by molar-refractivity contribution is 0.904. The van der Waals surface area contributed by atoms with Crippen molar-refractivity contribution in [2.45, 2.75) is 6.92 Å². The van der Waals surface area contributed by atoms with Crippen molar-refractivity contribution in [3.8, 4) is 0 Å². The Bertz CT molecular complexity index is 775. The molecule has 0 spiro atoms. The van der Waals surface area contributed by atoms with E-state index in [1.165, 1.54) is 15.9 Å². The minimum atomic E-state index is -0.130. The van der Waals surface area contributed by atoms with Crippen LogP contribution >= 0.6 is 11.3 Å². The summed E-state index contributed by atoms with van der Waals surface area (Å²) in [7, 11) is 0. The normalized spacial score (nSPS) is 12.4. The van der Waals surface area contributed by atoms with Crippen LogP contribution in [-0.4, -0.2) is 19.6 Å². The number of aromatic nitrogens is 4. The average molecular weight is 244 g/mol. The largest absolute Gasteiger partial charge is 0.291 e. The number of rotatable bonds is 1. The molecule has 3 heterocycles. The molecule has 0 N–H and O–H groups in total. The minimum absolute atomic E-state index is 0.130. The van der Waals surface area contributed by atoms with Crippen LogP contribution in [0, 0.1) is 6.92 Å². The van der Waals surface area contributed by atoms with Crippen molar-refractivity contribution in [2.75, 3.05) is 0 Å². The molecular weight excluding hydrogens is 236 g/mol. The summed E-state index contributed by atoms with van der Waals surface area (Å²) in [6.07, 6.45) is 5.20. The predicted molar refractivity (Wildman–Crippen MR) is 64.9 cm³/mol. The first-order chi connectivity index (χ1) is 8.24. The van der Waals surface area contributed by atoms with Crippen LogP contribution in [0.2, 0.25) is 0 Å². The molecule has 0 unspecified atom stereocenters.